The van der Waals surface area contributed by atoms with E-state index in [1.54, 1.807) is 17.4 Å². The lowest BCUT2D eigenvalue weighted by Gasteiger charge is -2.28. The number of fused-ring (bicyclic) bond motifs is 6. The van der Waals surface area contributed by atoms with Gasteiger partial charge in [0.05, 0.1) is 37.2 Å². The minimum atomic E-state index is -0.280. The summed E-state index contributed by atoms with van der Waals surface area (Å²) in [5.41, 5.74) is 11.5. The van der Waals surface area contributed by atoms with Gasteiger partial charge in [-0.15, -0.1) is 22.7 Å². The van der Waals surface area contributed by atoms with E-state index in [1.165, 1.54) is 41.7 Å². The number of benzene rings is 7. The molecule has 0 amide bonds. The second-order valence-corrected chi connectivity index (χ2v) is 20.8. The minimum Gasteiger partial charge on any atom is -0.334 e. The molecule has 0 aliphatic carbocycles. The lowest BCUT2D eigenvalue weighted by Crippen LogP contribution is -2.21. The molecule has 0 spiro atoms. The second kappa shape index (κ2) is 15.7. The van der Waals surface area contributed by atoms with Crippen LogP contribution in [0.1, 0.15) is 41.5 Å². The topological polar surface area (TPSA) is 16.3 Å². The van der Waals surface area contributed by atoms with Crippen LogP contribution in [0.4, 0.5) is 37.1 Å². The fraction of sp³-hybridized carbons (Fsp3) is 0.138. The van der Waals surface area contributed by atoms with E-state index in [0.717, 1.165) is 49.8 Å². The summed E-state index contributed by atoms with van der Waals surface area (Å²) >= 11 is 3.58. The van der Waals surface area contributed by atoms with Gasteiger partial charge in [-0.1, -0.05) is 115 Å². The molecule has 65 heavy (non-hydrogen) atoms. The molecule has 4 nitrogen and oxygen atoms in total. The molecule has 0 saturated carbocycles. The molecule has 0 atom stereocenters. The van der Waals surface area contributed by atoms with Crippen LogP contribution in [0.2, 0.25) is 0 Å². The number of hydrogen-bond acceptors (Lipinski definition) is 4. The molecule has 0 bridgehead atoms. The van der Waals surface area contributed by atoms with Crippen LogP contribution < -0.4 is 9.80 Å². The number of halogens is 1. The third-order valence-corrected chi connectivity index (χ3v) is 14.6. The van der Waals surface area contributed by atoms with Gasteiger partial charge in [-0.3, -0.25) is 4.90 Å². The first kappa shape index (κ1) is 40.8. The van der Waals surface area contributed by atoms with Crippen LogP contribution in [0.3, 0.4) is 0 Å². The molecule has 0 fully saturated rings. The zero-order valence-corrected chi connectivity index (χ0v) is 39.0. The quantitative estimate of drug-likeness (QED) is 0.151. The lowest BCUT2D eigenvalue weighted by molar-refractivity contribution is 0.422. The third kappa shape index (κ3) is 7.02. The summed E-state index contributed by atoms with van der Waals surface area (Å²) in [7, 11) is 0. The Kier molecular flexibility index (Phi) is 9.83. The van der Waals surface area contributed by atoms with Gasteiger partial charge >= 0.3 is 0 Å². The molecule has 0 saturated heterocycles. The van der Waals surface area contributed by atoms with Crippen LogP contribution in [0.15, 0.2) is 188 Å². The second-order valence-electron chi connectivity index (χ2n) is 18.8. The van der Waals surface area contributed by atoms with Crippen molar-refractivity contribution in [2.45, 2.75) is 52.6 Å². The Labute approximate surface area is 387 Å². The number of anilines is 6. The van der Waals surface area contributed by atoms with Crippen molar-refractivity contribution in [3.8, 4) is 22.3 Å². The molecule has 7 heteroatoms. The van der Waals surface area contributed by atoms with Crippen LogP contribution in [0.25, 0.3) is 64.5 Å². The Bertz CT molecular complexity index is 3460. The van der Waals surface area contributed by atoms with E-state index >= 15 is 4.39 Å². The molecule has 4 heterocycles. The fourth-order valence-electron chi connectivity index (χ4n) is 9.65. The minimum absolute atomic E-state index is 0.218. The summed E-state index contributed by atoms with van der Waals surface area (Å²) < 4.78 is 24.9. The Morgan fingerprint density at radius 1 is 0.400 bits per heavy atom. The molecule has 7 aromatic carbocycles. The molecule has 4 aromatic heterocycles. The largest absolute Gasteiger partial charge is 0.334 e. The normalized spacial score (nSPS) is 12.2. The number of para-hydroxylation sites is 3. The van der Waals surface area contributed by atoms with Gasteiger partial charge in [0.15, 0.2) is 0 Å². The Hall–Kier alpha value is -6.93. The van der Waals surface area contributed by atoms with Gasteiger partial charge in [-0.2, -0.15) is 0 Å². The maximum Gasteiger partial charge on any atom is 0.148 e. The lowest BCUT2D eigenvalue weighted by atomic mass is 9.96. The highest BCUT2D eigenvalue weighted by Gasteiger charge is 2.31. The molecule has 0 radical (unpaired) electrons. The van der Waals surface area contributed by atoms with Crippen LogP contribution in [0.5, 0.6) is 0 Å². The van der Waals surface area contributed by atoms with Gasteiger partial charge < -0.3 is 14.0 Å². The zero-order chi connectivity index (χ0) is 44.6. The highest BCUT2D eigenvalue weighted by atomic mass is 32.1. The predicted octanol–water partition coefficient (Wildman–Crippen LogP) is 17.9. The first-order valence-electron chi connectivity index (χ1n) is 22.2. The maximum absolute atomic E-state index is 17.4. The molecular formula is C58H49FN4S2. The average Bonchev–Trinajstić information content (AvgIpc) is 4.06. The first-order valence-corrected chi connectivity index (χ1v) is 23.8. The van der Waals surface area contributed by atoms with Gasteiger partial charge in [0.2, 0.25) is 0 Å². The van der Waals surface area contributed by atoms with Crippen LogP contribution in [-0.4, -0.2) is 9.13 Å². The first-order chi connectivity index (χ1) is 31.4. The average molecular weight is 885 g/mol. The number of aromatic nitrogens is 2. The van der Waals surface area contributed by atoms with Crippen molar-refractivity contribution in [1.29, 1.82) is 0 Å². The molecule has 0 aliphatic heterocycles. The van der Waals surface area contributed by atoms with E-state index in [0.29, 0.717) is 5.69 Å². The van der Waals surface area contributed by atoms with E-state index < -0.39 is 0 Å². The summed E-state index contributed by atoms with van der Waals surface area (Å²) in [6.45, 7) is 13.8. The van der Waals surface area contributed by atoms with Crippen molar-refractivity contribution < 1.29 is 4.39 Å². The zero-order valence-electron chi connectivity index (χ0n) is 37.4. The van der Waals surface area contributed by atoms with Gasteiger partial charge in [-0.25, -0.2) is 4.39 Å². The van der Waals surface area contributed by atoms with Crippen LogP contribution in [0, 0.1) is 5.82 Å². The van der Waals surface area contributed by atoms with Gasteiger partial charge in [-0.05, 0) is 131 Å². The van der Waals surface area contributed by atoms with E-state index in [2.05, 4.69) is 176 Å². The smallest absolute Gasteiger partial charge is 0.148 e. The molecule has 320 valence electrons. The highest BCUT2D eigenvalue weighted by molar-refractivity contribution is 7.24. The molecule has 0 aliphatic rings. The molecule has 0 N–H and O–H groups in total. The summed E-state index contributed by atoms with van der Waals surface area (Å²) in [5, 5.41) is 4.56. The number of rotatable bonds is 8. The van der Waals surface area contributed by atoms with Crippen molar-refractivity contribution in [3.63, 3.8) is 0 Å². The standard InChI is InChI=1S/C58H49FN4S2/c1-57(2,3)62-48-35-46-49(34-45(48)55-50(62)36-52(64-55)60(41-26-16-9-17-27-41)42-28-18-10-19-29-42)63(58(4,5)6)51-37-53(65-56(46)51)61(43-30-20-11-21-31-43)54-44(39-24-14-8-15-25-39)32-40(33-47(54)59)38-22-12-7-13-23-38/h7-37H,1-6H3. The van der Waals surface area contributed by atoms with E-state index in [4.69, 9.17) is 0 Å². The summed E-state index contributed by atoms with van der Waals surface area (Å²) in [6.07, 6.45) is 0. The predicted molar refractivity (Wildman–Crippen MR) is 278 cm³/mol. The third-order valence-electron chi connectivity index (χ3n) is 12.3. The van der Waals surface area contributed by atoms with Crippen molar-refractivity contribution in [1.82, 2.24) is 9.13 Å². The Morgan fingerprint density at radius 3 is 1.22 bits per heavy atom. The van der Waals surface area contributed by atoms with E-state index in [1.807, 2.05) is 78.1 Å². The van der Waals surface area contributed by atoms with Crippen molar-refractivity contribution >= 4 is 97.7 Å². The molecule has 11 rings (SSSR count). The van der Waals surface area contributed by atoms with Crippen LogP contribution >= 0.6 is 22.7 Å². The number of nitrogens with zero attached hydrogens (tertiary/aromatic N) is 4. The summed E-state index contributed by atoms with van der Waals surface area (Å²) in [6, 6.07) is 65.2. The fourth-order valence-corrected chi connectivity index (χ4v) is 12.1. The number of hydrogen-bond donors (Lipinski definition) is 0. The van der Waals surface area contributed by atoms with Crippen molar-refractivity contribution in [2.24, 2.45) is 0 Å². The summed E-state index contributed by atoms with van der Waals surface area (Å²) in [4.78, 5) is 4.51. The molecule has 11 aromatic rings. The maximum atomic E-state index is 17.4. The van der Waals surface area contributed by atoms with Crippen molar-refractivity contribution in [2.75, 3.05) is 9.80 Å². The summed E-state index contributed by atoms with van der Waals surface area (Å²) in [5.74, 6) is -0.280. The SMILES string of the molecule is CC(C)(C)n1c2cc3c4sc(N(c5ccccc5)c5c(F)cc(-c6ccccc6)cc5-c5ccccc5)cc4n(C(C)(C)C)c3cc2c2sc(N(c3ccccc3)c3ccccc3)cc21. The monoisotopic (exact) mass is 884 g/mol. The van der Waals surface area contributed by atoms with E-state index in [9.17, 15) is 0 Å². The highest BCUT2D eigenvalue weighted by Crippen LogP contribution is 2.52. The molecular weight excluding hydrogens is 836 g/mol. The Balaban J connectivity index is 1.16. The van der Waals surface area contributed by atoms with Gasteiger partial charge in [0.25, 0.3) is 0 Å². The van der Waals surface area contributed by atoms with Gasteiger partial charge in [0, 0.05) is 44.5 Å². The Morgan fingerprint density at radius 2 is 0.785 bits per heavy atom. The van der Waals surface area contributed by atoms with E-state index in [-0.39, 0.29) is 16.9 Å². The molecule has 0 unspecified atom stereocenters. The van der Waals surface area contributed by atoms with Gasteiger partial charge in [0.1, 0.15) is 15.8 Å². The van der Waals surface area contributed by atoms with Crippen molar-refractivity contribution in [3.05, 3.63) is 194 Å². The van der Waals surface area contributed by atoms with Crippen LogP contribution in [-0.2, 0) is 11.1 Å². The number of thiophene rings is 2.